The van der Waals surface area contributed by atoms with Crippen molar-refractivity contribution in [1.29, 1.82) is 0 Å². The van der Waals surface area contributed by atoms with E-state index in [2.05, 4.69) is 13.8 Å². The normalized spacial score (nSPS) is 24.7. The van der Waals surface area contributed by atoms with Gasteiger partial charge in [-0.25, -0.2) is 0 Å². The van der Waals surface area contributed by atoms with Gasteiger partial charge in [0.15, 0.2) is 0 Å². The molecule has 1 heterocycles. The van der Waals surface area contributed by atoms with Crippen LogP contribution in [0.3, 0.4) is 0 Å². The van der Waals surface area contributed by atoms with Crippen molar-refractivity contribution in [2.75, 3.05) is 6.61 Å². The van der Waals surface area contributed by atoms with Gasteiger partial charge >= 0.3 is 5.97 Å². The van der Waals surface area contributed by atoms with Crippen LogP contribution >= 0.6 is 0 Å². The molecule has 0 saturated carbocycles. The van der Waals surface area contributed by atoms with Gasteiger partial charge in [0.05, 0.1) is 12.2 Å². The molecule has 90 valence electrons. The number of rotatable bonds is 3. The molecule has 0 aromatic heterocycles. The van der Waals surface area contributed by atoms with E-state index >= 15 is 0 Å². The summed E-state index contributed by atoms with van der Waals surface area (Å²) in [6, 6.07) is 0. The Bertz CT molecular complexity index is 178. The summed E-state index contributed by atoms with van der Waals surface area (Å²) in [5.74, 6) is 0.332. The molecule has 1 fully saturated rings. The third-order valence-corrected chi connectivity index (χ3v) is 2.36. The lowest BCUT2D eigenvalue weighted by Crippen LogP contribution is -2.21. The Hall–Kier alpha value is -0.570. The van der Waals surface area contributed by atoms with Gasteiger partial charge in [0, 0.05) is 6.92 Å². The fourth-order valence-electron chi connectivity index (χ4n) is 1.56. The van der Waals surface area contributed by atoms with E-state index in [-0.39, 0.29) is 12.1 Å². The summed E-state index contributed by atoms with van der Waals surface area (Å²) in [5, 5.41) is 0. The summed E-state index contributed by atoms with van der Waals surface area (Å²) in [6.07, 6.45) is 2.57. The molecule has 0 N–H and O–H groups in total. The van der Waals surface area contributed by atoms with Crippen LogP contribution in [0.15, 0.2) is 0 Å². The van der Waals surface area contributed by atoms with Crippen LogP contribution < -0.4 is 0 Å². The highest BCUT2D eigenvalue weighted by Gasteiger charge is 2.27. The number of hydrogen-bond acceptors (Lipinski definition) is 3. The molecule has 0 amide bonds. The quantitative estimate of drug-likeness (QED) is 0.680. The van der Waals surface area contributed by atoms with E-state index in [1.54, 1.807) is 0 Å². The van der Waals surface area contributed by atoms with Crippen molar-refractivity contribution in [1.82, 2.24) is 0 Å². The van der Waals surface area contributed by atoms with Crippen LogP contribution in [0.25, 0.3) is 0 Å². The van der Waals surface area contributed by atoms with Gasteiger partial charge in [-0.15, -0.1) is 0 Å². The van der Waals surface area contributed by atoms with E-state index in [0.717, 1.165) is 12.8 Å². The Kier molecular flexibility index (Phi) is 7.39. The Balaban J connectivity index is 0.000000921. The van der Waals surface area contributed by atoms with Crippen molar-refractivity contribution in [3.63, 3.8) is 0 Å². The molecule has 3 heteroatoms. The third-order valence-electron chi connectivity index (χ3n) is 2.36. The van der Waals surface area contributed by atoms with Crippen LogP contribution in [0.2, 0.25) is 0 Å². The van der Waals surface area contributed by atoms with Crippen molar-refractivity contribution < 1.29 is 14.3 Å². The zero-order valence-corrected chi connectivity index (χ0v) is 10.6. The Morgan fingerprint density at radius 2 is 2.00 bits per heavy atom. The summed E-state index contributed by atoms with van der Waals surface area (Å²) in [7, 11) is 0. The fraction of sp³-hybridized carbons (Fsp3) is 0.917. The van der Waals surface area contributed by atoms with Gasteiger partial charge in [-0.05, 0) is 18.8 Å². The summed E-state index contributed by atoms with van der Waals surface area (Å²) < 4.78 is 10.6. The van der Waals surface area contributed by atoms with Gasteiger partial charge < -0.3 is 9.47 Å². The van der Waals surface area contributed by atoms with E-state index in [1.165, 1.54) is 6.92 Å². The van der Waals surface area contributed by atoms with Crippen LogP contribution in [-0.2, 0) is 14.3 Å². The minimum Gasteiger partial charge on any atom is -0.463 e. The molecule has 0 spiro atoms. The lowest BCUT2D eigenvalue weighted by Gasteiger charge is -2.16. The van der Waals surface area contributed by atoms with E-state index in [0.29, 0.717) is 18.6 Å². The minimum absolute atomic E-state index is 0.122. The molecule has 3 nitrogen and oxygen atoms in total. The van der Waals surface area contributed by atoms with Gasteiger partial charge in [0.1, 0.15) is 6.61 Å². The Labute approximate surface area is 93.1 Å². The molecule has 2 unspecified atom stereocenters. The first-order chi connectivity index (χ1) is 7.09. The van der Waals surface area contributed by atoms with E-state index in [1.807, 2.05) is 13.8 Å². The Morgan fingerprint density at radius 3 is 2.40 bits per heavy atom. The summed E-state index contributed by atoms with van der Waals surface area (Å²) in [6.45, 7) is 10.1. The molecule has 2 atom stereocenters. The van der Waals surface area contributed by atoms with Gasteiger partial charge in [0.25, 0.3) is 0 Å². The molecule has 1 rings (SSSR count). The maximum atomic E-state index is 10.5. The van der Waals surface area contributed by atoms with Crippen LogP contribution in [0.1, 0.15) is 47.5 Å². The van der Waals surface area contributed by atoms with Crippen LogP contribution in [0.5, 0.6) is 0 Å². The topological polar surface area (TPSA) is 35.5 Å². The summed E-state index contributed by atoms with van der Waals surface area (Å²) >= 11 is 0. The van der Waals surface area contributed by atoms with Gasteiger partial charge in [0.2, 0.25) is 0 Å². The molecule has 0 aromatic carbocycles. The van der Waals surface area contributed by atoms with E-state index < -0.39 is 0 Å². The van der Waals surface area contributed by atoms with Crippen molar-refractivity contribution in [2.45, 2.75) is 59.7 Å². The first kappa shape index (κ1) is 14.4. The second-order valence-electron chi connectivity index (χ2n) is 3.92. The lowest BCUT2D eigenvalue weighted by atomic mass is 10.0. The predicted octanol–water partition coefficient (Wildman–Crippen LogP) is 2.78. The standard InChI is InChI=1S/C10H18O3.C2H6/c1-7(2)10-5-4-9(13-10)6-12-8(3)11;1-2/h7,9-10H,4-6H2,1-3H3;1-2H3. The van der Waals surface area contributed by atoms with Crippen molar-refractivity contribution in [3.05, 3.63) is 0 Å². The highest BCUT2D eigenvalue weighted by atomic mass is 16.6. The van der Waals surface area contributed by atoms with Gasteiger partial charge in [-0.1, -0.05) is 27.7 Å². The van der Waals surface area contributed by atoms with E-state index in [9.17, 15) is 4.79 Å². The number of carbonyl (C=O) groups is 1. The van der Waals surface area contributed by atoms with Crippen LogP contribution in [-0.4, -0.2) is 24.8 Å². The first-order valence-electron chi connectivity index (χ1n) is 5.88. The minimum atomic E-state index is -0.225. The molecule has 0 bridgehead atoms. The average Bonchev–Trinajstić information content (AvgIpc) is 2.66. The van der Waals surface area contributed by atoms with Gasteiger partial charge in [-0.2, -0.15) is 0 Å². The number of hydrogen-bond donors (Lipinski definition) is 0. The summed E-state index contributed by atoms with van der Waals surface area (Å²) in [5.41, 5.74) is 0. The number of esters is 1. The zero-order chi connectivity index (χ0) is 11.8. The molecular weight excluding hydrogens is 192 g/mol. The Morgan fingerprint density at radius 1 is 1.40 bits per heavy atom. The van der Waals surface area contributed by atoms with Crippen molar-refractivity contribution >= 4 is 5.97 Å². The third kappa shape index (κ3) is 5.78. The summed E-state index contributed by atoms with van der Waals surface area (Å²) in [4.78, 5) is 10.5. The smallest absolute Gasteiger partial charge is 0.302 e. The SMILES string of the molecule is CC.CC(=O)OCC1CCC(C(C)C)O1. The van der Waals surface area contributed by atoms with Crippen LogP contribution in [0, 0.1) is 5.92 Å². The molecule has 1 aliphatic heterocycles. The van der Waals surface area contributed by atoms with Crippen molar-refractivity contribution in [2.24, 2.45) is 5.92 Å². The molecule has 0 radical (unpaired) electrons. The van der Waals surface area contributed by atoms with Crippen LogP contribution in [0.4, 0.5) is 0 Å². The number of carbonyl (C=O) groups excluding carboxylic acids is 1. The molecular formula is C12H24O3. The zero-order valence-electron chi connectivity index (χ0n) is 10.6. The van der Waals surface area contributed by atoms with E-state index in [4.69, 9.17) is 9.47 Å². The molecule has 0 aromatic rings. The second kappa shape index (κ2) is 7.69. The molecule has 0 aliphatic carbocycles. The largest absolute Gasteiger partial charge is 0.463 e. The molecule has 1 saturated heterocycles. The van der Waals surface area contributed by atoms with Gasteiger partial charge in [-0.3, -0.25) is 4.79 Å². The molecule has 1 aliphatic rings. The lowest BCUT2D eigenvalue weighted by molar-refractivity contribution is -0.145. The highest BCUT2D eigenvalue weighted by molar-refractivity contribution is 5.65. The fourth-order valence-corrected chi connectivity index (χ4v) is 1.56. The predicted molar refractivity (Wildman–Crippen MR) is 60.7 cm³/mol. The second-order valence-corrected chi connectivity index (χ2v) is 3.92. The average molecular weight is 216 g/mol. The monoisotopic (exact) mass is 216 g/mol. The van der Waals surface area contributed by atoms with Crippen molar-refractivity contribution in [3.8, 4) is 0 Å². The maximum Gasteiger partial charge on any atom is 0.302 e. The highest BCUT2D eigenvalue weighted by Crippen LogP contribution is 2.25. The maximum absolute atomic E-state index is 10.5. The first-order valence-corrected chi connectivity index (χ1v) is 5.88. The number of ether oxygens (including phenoxy) is 2. The molecule has 15 heavy (non-hydrogen) atoms.